The first-order chi connectivity index (χ1) is 13.5. The van der Waals surface area contributed by atoms with Gasteiger partial charge in [0.05, 0.1) is 16.3 Å². The maximum absolute atomic E-state index is 12.6. The molecule has 2 aromatic rings. The molecule has 158 valence electrons. The first-order valence-corrected chi connectivity index (χ1v) is 11.7. The van der Waals surface area contributed by atoms with Gasteiger partial charge >= 0.3 is 5.76 Å². The van der Waals surface area contributed by atoms with Crippen LogP contribution < -0.4 is 10.0 Å². The van der Waals surface area contributed by atoms with Gasteiger partial charge in [-0.3, -0.25) is 9.52 Å². The van der Waals surface area contributed by atoms with Crippen molar-refractivity contribution in [2.75, 3.05) is 15.8 Å². The molecule has 0 aliphatic carbocycles. The molecular weight excluding hydrogens is 426 g/mol. The van der Waals surface area contributed by atoms with E-state index in [2.05, 4.69) is 10.0 Å². The normalized spacial score (nSPS) is 12.0. The third-order valence-corrected chi connectivity index (χ3v) is 6.87. The first kappa shape index (κ1) is 22.8. The third kappa shape index (κ3) is 5.51. The van der Waals surface area contributed by atoms with E-state index in [9.17, 15) is 30.4 Å². The van der Waals surface area contributed by atoms with E-state index in [0.717, 1.165) is 24.3 Å². The zero-order chi connectivity index (χ0) is 21.8. The van der Waals surface area contributed by atoms with E-state index < -0.39 is 36.4 Å². The highest BCUT2D eigenvalue weighted by atomic mass is 32.2. The molecule has 0 unspecified atom stereocenters. The molecule has 0 aliphatic rings. The van der Waals surface area contributed by atoms with Crippen molar-refractivity contribution >= 4 is 37.1 Å². The maximum Gasteiger partial charge on any atom is 0.341 e. The topological polar surface area (TPSA) is 109 Å². The first-order valence-electron chi connectivity index (χ1n) is 8.51. The van der Waals surface area contributed by atoms with Crippen LogP contribution in [0.25, 0.3) is 0 Å². The number of carbonyl (C=O) groups excluding carboxylic acids is 1. The molecule has 7 nitrogen and oxygen atoms in total. The van der Waals surface area contributed by atoms with Gasteiger partial charge < -0.3 is 5.32 Å². The van der Waals surface area contributed by atoms with Gasteiger partial charge in [-0.05, 0) is 55.3 Å². The fourth-order valence-corrected chi connectivity index (χ4v) is 4.38. The highest BCUT2D eigenvalue weighted by molar-refractivity contribution is 7.92. The molecule has 0 heterocycles. The van der Waals surface area contributed by atoms with Crippen molar-refractivity contribution in [1.29, 1.82) is 0 Å². The molecule has 0 saturated carbocycles. The SMILES string of the molecule is CCCS(=O)(=O)Nc1cccc(NC(=O)c2ccc(S(=O)(=O)C(F)F)cc2)c1C. The minimum absolute atomic E-state index is 0.0447. The molecule has 0 bridgehead atoms. The zero-order valence-electron chi connectivity index (χ0n) is 15.6. The van der Waals surface area contributed by atoms with E-state index in [0.29, 0.717) is 23.4 Å². The number of nitrogens with one attached hydrogen (secondary N) is 2. The number of rotatable bonds is 8. The number of amides is 1. The summed E-state index contributed by atoms with van der Waals surface area (Å²) in [6.07, 6.45) is 0.447. The molecule has 0 fully saturated rings. The number of hydrogen-bond donors (Lipinski definition) is 2. The summed E-state index contributed by atoms with van der Waals surface area (Å²) in [6.45, 7) is 3.36. The van der Waals surface area contributed by atoms with Crippen LogP contribution in [0.2, 0.25) is 0 Å². The van der Waals surface area contributed by atoms with E-state index in [1.165, 1.54) is 0 Å². The molecule has 2 rings (SSSR count). The molecule has 2 aromatic carbocycles. The fourth-order valence-electron chi connectivity index (χ4n) is 2.46. The summed E-state index contributed by atoms with van der Waals surface area (Å²) in [6, 6.07) is 8.78. The van der Waals surface area contributed by atoms with E-state index in [1.54, 1.807) is 32.0 Å². The van der Waals surface area contributed by atoms with Crippen molar-refractivity contribution in [2.24, 2.45) is 0 Å². The van der Waals surface area contributed by atoms with Crippen molar-refractivity contribution in [3.05, 3.63) is 53.6 Å². The van der Waals surface area contributed by atoms with Crippen LogP contribution in [0.1, 0.15) is 29.3 Å². The van der Waals surface area contributed by atoms with Crippen LogP contribution in [0.3, 0.4) is 0 Å². The van der Waals surface area contributed by atoms with Crippen LogP contribution in [-0.4, -0.2) is 34.3 Å². The molecule has 0 atom stereocenters. The number of sulfonamides is 1. The molecule has 0 aromatic heterocycles. The minimum Gasteiger partial charge on any atom is -0.322 e. The molecule has 2 N–H and O–H groups in total. The number of benzene rings is 2. The Balaban J connectivity index is 2.22. The third-order valence-electron chi connectivity index (χ3n) is 4.00. The Labute approximate surface area is 168 Å². The van der Waals surface area contributed by atoms with Gasteiger partial charge in [0.25, 0.3) is 5.91 Å². The lowest BCUT2D eigenvalue weighted by Gasteiger charge is -2.14. The van der Waals surface area contributed by atoms with Crippen LogP contribution in [0.4, 0.5) is 20.2 Å². The van der Waals surface area contributed by atoms with E-state index in [-0.39, 0.29) is 11.3 Å². The second-order valence-electron chi connectivity index (χ2n) is 6.18. The van der Waals surface area contributed by atoms with Gasteiger partial charge in [0.1, 0.15) is 0 Å². The number of sulfone groups is 1. The Morgan fingerprint density at radius 3 is 2.14 bits per heavy atom. The van der Waals surface area contributed by atoms with Crippen LogP contribution >= 0.6 is 0 Å². The Kier molecular flexibility index (Phi) is 6.96. The van der Waals surface area contributed by atoms with Gasteiger partial charge in [0.15, 0.2) is 0 Å². The second-order valence-corrected chi connectivity index (χ2v) is 9.94. The minimum atomic E-state index is -4.74. The Morgan fingerprint density at radius 2 is 1.59 bits per heavy atom. The predicted octanol–water partition coefficient (Wildman–Crippen LogP) is 3.40. The number of anilines is 2. The van der Waals surface area contributed by atoms with Crippen molar-refractivity contribution in [3.63, 3.8) is 0 Å². The Hall–Kier alpha value is -2.53. The molecular formula is C18H20F2N2O5S2. The maximum atomic E-state index is 12.6. The van der Waals surface area contributed by atoms with E-state index >= 15 is 0 Å². The van der Waals surface area contributed by atoms with Crippen molar-refractivity contribution in [2.45, 2.75) is 30.9 Å². The number of hydrogen-bond acceptors (Lipinski definition) is 5. The molecule has 0 saturated heterocycles. The van der Waals surface area contributed by atoms with Gasteiger partial charge in [0.2, 0.25) is 19.9 Å². The van der Waals surface area contributed by atoms with Gasteiger partial charge in [-0.25, -0.2) is 16.8 Å². The molecule has 0 radical (unpaired) electrons. The smallest absolute Gasteiger partial charge is 0.322 e. The molecule has 0 aliphatic heterocycles. The Bertz CT molecular complexity index is 1100. The summed E-state index contributed by atoms with van der Waals surface area (Å²) in [5.41, 5.74) is 1.19. The predicted molar refractivity (Wildman–Crippen MR) is 106 cm³/mol. The summed E-state index contributed by atoms with van der Waals surface area (Å²) < 4.78 is 74.4. The van der Waals surface area contributed by atoms with Gasteiger partial charge in [-0.2, -0.15) is 8.78 Å². The lowest BCUT2D eigenvalue weighted by molar-refractivity contribution is 0.102. The van der Waals surface area contributed by atoms with Gasteiger partial charge in [-0.15, -0.1) is 0 Å². The highest BCUT2D eigenvalue weighted by Gasteiger charge is 2.26. The zero-order valence-corrected chi connectivity index (χ0v) is 17.3. The standard InChI is InChI=1S/C18H20F2N2O5S2/c1-3-11-28(24,25)22-16-6-4-5-15(12(16)2)21-17(23)13-7-9-14(10-8-13)29(26,27)18(19)20/h4-10,18,22H,3,11H2,1-2H3,(H,21,23). The number of alkyl halides is 2. The molecule has 11 heteroatoms. The number of halogens is 2. The summed E-state index contributed by atoms with van der Waals surface area (Å²) in [7, 11) is -8.25. The second kappa shape index (κ2) is 8.87. The van der Waals surface area contributed by atoms with E-state index in [4.69, 9.17) is 0 Å². The molecule has 1 amide bonds. The highest BCUT2D eigenvalue weighted by Crippen LogP contribution is 2.25. The lowest BCUT2D eigenvalue weighted by Crippen LogP contribution is -2.18. The molecule has 0 spiro atoms. The molecule has 29 heavy (non-hydrogen) atoms. The quantitative estimate of drug-likeness (QED) is 0.646. The summed E-state index contributed by atoms with van der Waals surface area (Å²) in [4.78, 5) is 11.8. The average Bonchev–Trinajstić information content (AvgIpc) is 2.64. The summed E-state index contributed by atoms with van der Waals surface area (Å²) in [5.74, 6) is -4.21. The van der Waals surface area contributed by atoms with E-state index in [1.807, 2.05) is 0 Å². The summed E-state index contributed by atoms with van der Waals surface area (Å²) >= 11 is 0. The average molecular weight is 446 g/mol. The van der Waals surface area contributed by atoms with Crippen molar-refractivity contribution < 1.29 is 30.4 Å². The number of carbonyl (C=O) groups is 1. The largest absolute Gasteiger partial charge is 0.341 e. The monoisotopic (exact) mass is 446 g/mol. The Morgan fingerprint density at radius 1 is 1.00 bits per heavy atom. The van der Waals surface area contributed by atoms with Crippen LogP contribution in [-0.2, 0) is 19.9 Å². The fraction of sp³-hybridized carbons (Fsp3) is 0.278. The van der Waals surface area contributed by atoms with Crippen molar-refractivity contribution in [1.82, 2.24) is 0 Å². The van der Waals surface area contributed by atoms with Crippen LogP contribution in [0.15, 0.2) is 47.4 Å². The lowest BCUT2D eigenvalue weighted by atomic mass is 10.1. The summed E-state index contributed by atoms with van der Waals surface area (Å²) in [5, 5.41) is 2.59. The van der Waals surface area contributed by atoms with Gasteiger partial charge in [-0.1, -0.05) is 13.0 Å². The van der Waals surface area contributed by atoms with Crippen molar-refractivity contribution in [3.8, 4) is 0 Å². The van der Waals surface area contributed by atoms with Crippen LogP contribution in [0.5, 0.6) is 0 Å². The van der Waals surface area contributed by atoms with Crippen LogP contribution in [0, 0.1) is 6.92 Å². The van der Waals surface area contributed by atoms with Gasteiger partial charge in [0, 0.05) is 11.3 Å².